The molecule has 1 rings (SSSR count). The average molecular weight is 254 g/mol. The van der Waals surface area contributed by atoms with E-state index in [-0.39, 0.29) is 11.6 Å². The van der Waals surface area contributed by atoms with Crippen LogP contribution in [0.4, 0.5) is 10.5 Å². The first-order valence-corrected chi connectivity index (χ1v) is 5.47. The maximum Gasteiger partial charge on any atom is 0.411 e. The van der Waals surface area contributed by atoms with Gasteiger partial charge in [-0.2, -0.15) is 0 Å². The normalized spacial score (nSPS) is 9.47. The minimum atomic E-state index is -0.501. The van der Waals surface area contributed by atoms with Crippen molar-refractivity contribution in [2.75, 3.05) is 18.5 Å². The van der Waals surface area contributed by atoms with Gasteiger partial charge in [0.25, 0.3) is 0 Å². The summed E-state index contributed by atoms with van der Waals surface area (Å²) in [5, 5.41) is 2.57. The van der Waals surface area contributed by atoms with Crippen molar-refractivity contribution in [1.29, 1.82) is 0 Å². The van der Waals surface area contributed by atoms with Gasteiger partial charge in [0.1, 0.15) is 17.3 Å². The van der Waals surface area contributed by atoms with E-state index < -0.39 is 6.09 Å². The van der Waals surface area contributed by atoms with Gasteiger partial charge in [-0.3, -0.25) is 5.32 Å². The molecule has 0 heterocycles. The first kappa shape index (κ1) is 13.2. The predicted molar refractivity (Wildman–Crippen MR) is 69.4 cm³/mol. The van der Waals surface area contributed by atoms with Gasteiger partial charge in [-0.05, 0) is 19.1 Å². The maximum atomic E-state index is 11.2. The summed E-state index contributed by atoms with van der Waals surface area (Å²) >= 11 is 4.69. The van der Waals surface area contributed by atoms with Gasteiger partial charge in [0.15, 0.2) is 0 Å². The van der Waals surface area contributed by atoms with Crippen LogP contribution >= 0.6 is 12.2 Å². The lowest BCUT2D eigenvalue weighted by Gasteiger charge is -2.08. The molecular formula is C11H14N2O3S. The molecule has 0 aliphatic heterocycles. The predicted octanol–water partition coefficient (Wildman–Crippen LogP) is 1.92. The zero-order chi connectivity index (χ0) is 12.7. The molecule has 0 spiro atoms. The second kappa shape index (κ2) is 6.70. The highest BCUT2D eigenvalue weighted by atomic mass is 32.1. The van der Waals surface area contributed by atoms with Crippen molar-refractivity contribution in [3.63, 3.8) is 0 Å². The number of ether oxygens (including phenoxy) is 2. The third-order valence-electron chi connectivity index (χ3n) is 1.74. The van der Waals surface area contributed by atoms with E-state index in [1.807, 2.05) is 0 Å². The minimum Gasteiger partial charge on any atom is -0.486 e. The van der Waals surface area contributed by atoms with Crippen LogP contribution < -0.4 is 15.8 Å². The maximum absolute atomic E-state index is 11.2. The summed E-state index contributed by atoms with van der Waals surface area (Å²) in [7, 11) is 0. The van der Waals surface area contributed by atoms with E-state index in [4.69, 9.17) is 27.4 Å². The Morgan fingerprint density at radius 3 is 2.94 bits per heavy atom. The molecule has 1 aromatic carbocycles. The molecule has 0 aliphatic rings. The quantitative estimate of drug-likeness (QED) is 0.785. The molecule has 0 unspecified atom stereocenters. The van der Waals surface area contributed by atoms with Gasteiger partial charge in [-0.1, -0.05) is 18.3 Å². The number of rotatable bonds is 5. The molecule has 1 amide bonds. The summed E-state index contributed by atoms with van der Waals surface area (Å²) in [4.78, 5) is 11.4. The lowest BCUT2D eigenvalue weighted by atomic mass is 10.3. The van der Waals surface area contributed by atoms with Crippen LogP contribution in [0.2, 0.25) is 0 Å². The number of nitrogens with two attached hydrogens (primary N) is 1. The van der Waals surface area contributed by atoms with E-state index in [9.17, 15) is 4.79 Å². The van der Waals surface area contributed by atoms with E-state index in [1.165, 1.54) is 0 Å². The molecule has 3 N–H and O–H groups in total. The summed E-state index contributed by atoms with van der Waals surface area (Å²) in [6.07, 6.45) is -0.501. The van der Waals surface area contributed by atoms with Crippen molar-refractivity contribution in [2.45, 2.75) is 6.92 Å². The van der Waals surface area contributed by atoms with Gasteiger partial charge < -0.3 is 15.2 Å². The Balaban J connectivity index is 2.59. The van der Waals surface area contributed by atoms with Crippen molar-refractivity contribution < 1.29 is 14.3 Å². The third-order valence-corrected chi connectivity index (χ3v) is 1.85. The highest BCUT2D eigenvalue weighted by Gasteiger charge is 2.03. The number of carbonyl (C=O) groups is 1. The number of thiocarbonyl (C=S) groups is 1. The number of hydrogen-bond acceptors (Lipinski definition) is 4. The van der Waals surface area contributed by atoms with Crippen molar-refractivity contribution >= 4 is 29.0 Å². The smallest absolute Gasteiger partial charge is 0.411 e. The van der Waals surface area contributed by atoms with Crippen molar-refractivity contribution in [1.82, 2.24) is 0 Å². The van der Waals surface area contributed by atoms with Crippen LogP contribution in [-0.2, 0) is 4.74 Å². The number of benzene rings is 1. The van der Waals surface area contributed by atoms with Gasteiger partial charge in [-0.25, -0.2) is 4.79 Å². The van der Waals surface area contributed by atoms with Crippen LogP contribution in [0.3, 0.4) is 0 Å². The largest absolute Gasteiger partial charge is 0.486 e. The second-order valence-corrected chi connectivity index (χ2v) is 3.65. The van der Waals surface area contributed by atoms with Gasteiger partial charge >= 0.3 is 6.09 Å². The Kier molecular flexibility index (Phi) is 5.22. The highest BCUT2D eigenvalue weighted by Crippen LogP contribution is 2.17. The average Bonchev–Trinajstić information content (AvgIpc) is 2.27. The molecule has 0 fully saturated rings. The van der Waals surface area contributed by atoms with Crippen LogP contribution in [0, 0.1) is 0 Å². The van der Waals surface area contributed by atoms with Crippen molar-refractivity contribution in [3.05, 3.63) is 24.3 Å². The van der Waals surface area contributed by atoms with Crippen LogP contribution in [-0.4, -0.2) is 24.3 Å². The lowest BCUT2D eigenvalue weighted by Crippen LogP contribution is -2.18. The molecular weight excluding hydrogens is 240 g/mol. The van der Waals surface area contributed by atoms with Crippen LogP contribution in [0.15, 0.2) is 24.3 Å². The number of amides is 1. The minimum absolute atomic E-state index is 0.165. The SMILES string of the molecule is CCOC(=O)Nc1cccc(OCC(N)=S)c1. The Morgan fingerprint density at radius 1 is 1.53 bits per heavy atom. The lowest BCUT2D eigenvalue weighted by molar-refractivity contribution is 0.168. The molecule has 92 valence electrons. The Hall–Kier alpha value is -1.82. The van der Waals surface area contributed by atoms with E-state index in [0.717, 1.165) is 0 Å². The van der Waals surface area contributed by atoms with Crippen molar-refractivity contribution in [2.24, 2.45) is 5.73 Å². The fourth-order valence-corrected chi connectivity index (χ4v) is 1.16. The molecule has 0 atom stereocenters. The van der Waals surface area contributed by atoms with Gasteiger partial charge in [0, 0.05) is 11.8 Å². The highest BCUT2D eigenvalue weighted by molar-refractivity contribution is 7.80. The number of carbonyl (C=O) groups excluding carboxylic acids is 1. The summed E-state index contributed by atoms with van der Waals surface area (Å²) in [5.74, 6) is 0.576. The second-order valence-electron chi connectivity index (χ2n) is 3.13. The number of nitrogens with one attached hydrogen (secondary N) is 1. The van der Waals surface area contributed by atoms with Gasteiger partial charge in [-0.15, -0.1) is 0 Å². The molecule has 17 heavy (non-hydrogen) atoms. The zero-order valence-electron chi connectivity index (χ0n) is 9.43. The Morgan fingerprint density at radius 2 is 2.29 bits per heavy atom. The monoisotopic (exact) mass is 254 g/mol. The van der Waals surface area contributed by atoms with E-state index in [2.05, 4.69) is 5.32 Å². The van der Waals surface area contributed by atoms with E-state index in [1.54, 1.807) is 31.2 Å². The Bertz CT molecular complexity index is 409. The molecule has 0 saturated heterocycles. The van der Waals surface area contributed by atoms with Gasteiger partial charge in [0.2, 0.25) is 0 Å². The molecule has 0 bridgehead atoms. The summed E-state index contributed by atoms with van der Waals surface area (Å²) in [6.45, 7) is 2.23. The molecule has 6 heteroatoms. The summed E-state index contributed by atoms with van der Waals surface area (Å²) in [6, 6.07) is 6.88. The topological polar surface area (TPSA) is 73.6 Å². The molecule has 5 nitrogen and oxygen atoms in total. The summed E-state index contributed by atoms with van der Waals surface area (Å²) < 4.78 is 10.0. The molecule has 1 aromatic rings. The number of hydrogen-bond donors (Lipinski definition) is 2. The van der Waals surface area contributed by atoms with Gasteiger partial charge in [0.05, 0.1) is 6.61 Å². The molecule has 0 saturated carbocycles. The van der Waals surface area contributed by atoms with Crippen molar-refractivity contribution in [3.8, 4) is 5.75 Å². The fraction of sp³-hybridized carbons (Fsp3) is 0.273. The fourth-order valence-electron chi connectivity index (χ4n) is 1.10. The van der Waals surface area contributed by atoms with Crippen LogP contribution in [0.1, 0.15) is 6.92 Å². The Labute approximate surface area is 105 Å². The third kappa shape index (κ3) is 5.17. The zero-order valence-corrected chi connectivity index (χ0v) is 10.3. The van der Waals surface area contributed by atoms with Crippen LogP contribution in [0.5, 0.6) is 5.75 Å². The first-order valence-electron chi connectivity index (χ1n) is 5.06. The molecule has 0 aromatic heterocycles. The summed E-state index contributed by atoms with van der Waals surface area (Å²) in [5.41, 5.74) is 5.90. The first-order chi connectivity index (χ1) is 8.11. The van der Waals surface area contributed by atoms with Crippen LogP contribution in [0.25, 0.3) is 0 Å². The molecule has 0 radical (unpaired) electrons. The number of anilines is 1. The standard InChI is InChI=1S/C11H14N2O3S/c1-2-15-11(14)13-8-4-3-5-9(6-8)16-7-10(12)17/h3-6H,2,7H2,1H3,(H2,12,17)(H,13,14). The van der Waals surface area contributed by atoms with E-state index >= 15 is 0 Å². The molecule has 0 aliphatic carbocycles. The van der Waals surface area contributed by atoms with E-state index in [0.29, 0.717) is 18.0 Å².